The van der Waals surface area contributed by atoms with E-state index in [9.17, 15) is 4.79 Å². The summed E-state index contributed by atoms with van der Waals surface area (Å²) < 4.78 is 1.74. The Balaban J connectivity index is 2.11. The van der Waals surface area contributed by atoms with Crippen LogP contribution in [0.1, 0.15) is 27.7 Å². The van der Waals surface area contributed by atoms with Gasteiger partial charge in [0.2, 0.25) is 11.1 Å². The van der Waals surface area contributed by atoms with E-state index in [0.717, 1.165) is 5.69 Å². The topological polar surface area (TPSA) is 63.9 Å². The maximum atomic E-state index is 12.6. The van der Waals surface area contributed by atoms with Gasteiger partial charge in [0.25, 0.3) is 0 Å². The summed E-state index contributed by atoms with van der Waals surface area (Å²) in [5.41, 5.74) is 0.648. The van der Waals surface area contributed by atoms with Crippen LogP contribution in [-0.2, 0) is 10.3 Å². The molecule has 0 aliphatic heterocycles. The third-order valence-electron chi connectivity index (χ3n) is 3.18. The van der Waals surface area contributed by atoms with Crippen LogP contribution >= 0.6 is 11.8 Å². The van der Waals surface area contributed by atoms with Gasteiger partial charge in [0, 0.05) is 12.7 Å². The maximum Gasteiger partial charge on any atom is 0.240 e. The first-order valence-electron chi connectivity index (χ1n) is 7.09. The lowest BCUT2D eigenvalue weighted by Crippen LogP contribution is -2.33. The number of anilines is 1. The third-order valence-corrected chi connectivity index (χ3v) is 4.20. The van der Waals surface area contributed by atoms with Crippen LogP contribution in [0.2, 0.25) is 0 Å². The molecule has 0 bridgehead atoms. The molecule has 0 radical (unpaired) electrons. The highest BCUT2D eigenvalue weighted by atomic mass is 32.2. The highest BCUT2D eigenvalue weighted by molar-refractivity contribution is 8.00. The van der Waals surface area contributed by atoms with Crippen LogP contribution in [-0.4, -0.2) is 38.4 Å². The van der Waals surface area contributed by atoms with Crippen molar-refractivity contribution >= 4 is 23.4 Å². The fourth-order valence-corrected chi connectivity index (χ4v) is 3.00. The van der Waals surface area contributed by atoms with Crippen molar-refractivity contribution in [3.8, 4) is 0 Å². The number of hydrogen-bond acceptors (Lipinski definition) is 5. The summed E-state index contributed by atoms with van der Waals surface area (Å²) in [6.07, 6.45) is 0. The number of tetrazole rings is 1. The molecular weight excluding hydrogens is 298 g/mol. The van der Waals surface area contributed by atoms with E-state index in [1.807, 2.05) is 58.0 Å². The van der Waals surface area contributed by atoms with E-state index in [-0.39, 0.29) is 16.7 Å². The first-order chi connectivity index (χ1) is 10.3. The first kappa shape index (κ1) is 16.5. The number of amides is 1. The molecule has 0 N–H and O–H groups in total. The Morgan fingerprint density at radius 3 is 2.50 bits per heavy atom. The Kier molecular flexibility index (Phi) is 4.85. The molecule has 0 aliphatic carbocycles. The summed E-state index contributed by atoms with van der Waals surface area (Å²) in [7, 11) is 1.78. The zero-order valence-corrected chi connectivity index (χ0v) is 14.3. The lowest BCUT2D eigenvalue weighted by Gasteiger charge is -2.23. The molecule has 0 fully saturated rings. The number of benzene rings is 1. The Hall–Kier alpha value is -1.89. The van der Waals surface area contributed by atoms with Gasteiger partial charge in [-0.25, -0.2) is 4.68 Å². The summed E-state index contributed by atoms with van der Waals surface area (Å²) in [5.74, 6) is 0.0136. The molecule has 7 heteroatoms. The second-order valence-electron chi connectivity index (χ2n) is 6.04. The second-order valence-corrected chi connectivity index (χ2v) is 7.34. The van der Waals surface area contributed by atoms with Gasteiger partial charge in [-0.2, -0.15) is 0 Å². The van der Waals surface area contributed by atoms with Crippen LogP contribution < -0.4 is 4.90 Å². The molecule has 118 valence electrons. The minimum Gasteiger partial charge on any atom is -0.315 e. The van der Waals surface area contributed by atoms with Crippen LogP contribution in [0.4, 0.5) is 5.69 Å². The van der Waals surface area contributed by atoms with Crippen molar-refractivity contribution in [3.63, 3.8) is 0 Å². The zero-order chi connectivity index (χ0) is 16.3. The van der Waals surface area contributed by atoms with Gasteiger partial charge in [-0.15, -0.1) is 5.10 Å². The minimum atomic E-state index is -0.280. The fraction of sp³-hybridized carbons (Fsp3) is 0.467. The van der Waals surface area contributed by atoms with E-state index in [4.69, 9.17) is 0 Å². The van der Waals surface area contributed by atoms with Gasteiger partial charge in [0.05, 0.1) is 10.8 Å². The summed E-state index contributed by atoms with van der Waals surface area (Å²) in [5, 5.41) is 12.1. The largest absolute Gasteiger partial charge is 0.315 e. The number of para-hydroxylation sites is 1. The van der Waals surface area contributed by atoms with Crippen molar-refractivity contribution in [2.24, 2.45) is 0 Å². The number of aromatic nitrogens is 4. The van der Waals surface area contributed by atoms with E-state index in [1.165, 1.54) is 11.8 Å². The Morgan fingerprint density at radius 2 is 1.91 bits per heavy atom. The second kappa shape index (κ2) is 6.48. The highest BCUT2D eigenvalue weighted by Crippen LogP contribution is 2.26. The number of carbonyl (C=O) groups is 1. The van der Waals surface area contributed by atoms with Crippen LogP contribution in [0, 0.1) is 0 Å². The van der Waals surface area contributed by atoms with Crippen LogP contribution in [0.3, 0.4) is 0 Å². The zero-order valence-electron chi connectivity index (χ0n) is 13.5. The number of rotatable bonds is 4. The van der Waals surface area contributed by atoms with E-state index < -0.39 is 0 Å². The van der Waals surface area contributed by atoms with Gasteiger partial charge in [0.1, 0.15) is 0 Å². The Labute approximate surface area is 134 Å². The molecule has 0 saturated carbocycles. The third kappa shape index (κ3) is 3.65. The predicted octanol–water partition coefficient (Wildman–Crippen LogP) is 2.57. The SMILES string of the molecule is CC(Sc1nnnn1C(C)(C)C)C(=O)N(C)c1ccccc1. The summed E-state index contributed by atoms with van der Waals surface area (Å²) >= 11 is 1.37. The average molecular weight is 319 g/mol. The summed E-state index contributed by atoms with van der Waals surface area (Å²) in [6, 6.07) is 9.58. The highest BCUT2D eigenvalue weighted by Gasteiger charge is 2.25. The normalized spacial score (nSPS) is 13.0. The Morgan fingerprint density at radius 1 is 1.27 bits per heavy atom. The monoisotopic (exact) mass is 319 g/mol. The van der Waals surface area contributed by atoms with Gasteiger partial charge in [0.15, 0.2) is 0 Å². The molecule has 1 aromatic heterocycles. The van der Waals surface area contributed by atoms with Gasteiger partial charge in [-0.1, -0.05) is 30.0 Å². The standard InChI is InChI=1S/C15H21N5OS/c1-11(13(21)19(5)12-9-7-6-8-10-12)22-14-16-17-18-20(14)15(2,3)4/h6-11H,1-5H3. The average Bonchev–Trinajstić information content (AvgIpc) is 2.95. The van der Waals surface area contributed by atoms with Crippen molar-refractivity contribution in [3.05, 3.63) is 30.3 Å². The number of thioether (sulfide) groups is 1. The van der Waals surface area contributed by atoms with Crippen molar-refractivity contribution in [1.29, 1.82) is 0 Å². The molecule has 22 heavy (non-hydrogen) atoms. The molecule has 2 rings (SSSR count). The molecule has 6 nitrogen and oxygen atoms in total. The number of nitrogens with zero attached hydrogens (tertiary/aromatic N) is 5. The lowest BCUT2D eigenvalue weighted by atomic mass is 10.1. The molecular formula is C15H21N5OS. The van der Waals surface area contributed by atoms with Crippen molar-refractivity contribution in [2.75, 3.05) is 11.9 Å². The quantitative estimate of drug-likeness (QED) is 0.811. The van der Waals surface area contributed by atoms with E-state index in [0.29, 0.717) is 5.16 Å². The van der Waals surface area contributed by atoms with Crippen LogP contribution in [0.15, 0.2) is 35.5 Å². The molecule has 0 spiro atoms. The molecule has 1 unspecified atom stereocenters. The van der Waals surface area contributed by atoms with Gasteiger partial charge in [-0.05, 0) is 50.3 Å². The molecule has 1 heterocycles. The smallest absolute Gasteiger partial charge is 0.240 e. The molecule has 2 aromatic rings. The van der Waals surface area contributed by atoms with Crippen LogP contribution in [0.25, 0.3) is 0 Å². The lowest BCUT2D eigenvalue weighted by molar-refractivity contribution is -0.117. The predicted molar refractivity (Wildman–Crippen MR) is 88.0 cm³/mol. The van der Waals surface area contributed by atoms with Crippen LogP contribution in [0.5, 0.6) is 0 Å². The van der Waals surface area contributed by atoms with E-state index in [1.54, 1.807) is 16.6 Å². The van der Waals surface area contributed by atoms with E-state index >= 15 is 0 Å². The van der Waals surface area contributed by atoms with Gasteiger partial charge >= 0.3 is 0 Å². The molecule has 0 aliphatic rings. The maximum absolute atomic E-state index is 12.6. The van der Waals surface area contributed by atoms with Crippen molar-refractivity contribution < 1.29 is 4.79 Å². The number of hydrogen-bond donors (Lipinski definition) is 0. The molecule has 0 saturated heterocycles. The van der Waals surface area contributed by atoms with Gasteiger partial charge < -0.3 is 4.90 Å². The summed E-state index contributed by atoms with van der Waals surface area (Å²) in [6.45, 7) is 7.94. The van der Waals surface area contributed by atoms with Crippen molar-refractivity contribution in [1.82, 2.24) is 20.2 Å². The Bertz CT molecular complexity index is 635. The minimum absolute atomic E-state index is 0.0136. The van der Waals surface area contributed by atoms with Gasteiger partial charge in [-0.3, -0.25) is 4.79 Å². The molecule has 1 aromatic carbocycles. The molecule has 1 atom stereocenters. The number of carbonyl (C=O) groups excluding carboxylic acids is 1. The van der Waals surface area contributed by atoms with E-state index in [2.05, 4.69) is 15.5 Å². The summed E-state index contributed by atoms with van der Waals surface area (Å²) in [4.78, 5) is 14.2. The molecule has 1 amide bonds. The first-order valence-corrected chi connectivity index (χ1v) is 7.97. The van der Waals surface area contributed by atoms with Crippen molar-refractivity contribution in [2.45, 2.75) is 43.6 Å². The fourth-order valence-electron chi connectivity index (χ4n) is 1.93.